The van der Waals surface area contributed by atoms with E-state index in [1.807, 2.05) is 0 Å². The van der Waals surface area contributed by atoms with Crippen LogP contribution >= 0.6 is 11.9 Å². The van der Waals surface area contributed by atoms with Gasteiger partial charge in [0.05, 0.1) is 31.0 Å². The summed E-state index contributed by atoms with van der Waals surface area (Å²) in [5, 5.41) is 0. The molecule has 0 aliphatic carbocycles. The standard InChI is InChI=1S/C18H20FN3O3S/c1-24-15-6-5-12(19)9-16(15)26-21-13-10-14(17(25-2)20-11-13)18(23)22-7-3-4-8-22/h5-6,9-11,21H,3-4,7-8H2,1-2H3. The summed E-state index contributed by atoms with van der Waals surface area (Å²) in [6.45, 7) is 1.49. The number of aromatic nitrogens is 1. The average molecular weight is 377 g/mol. The van der Waals surface area contributed by atoms with Gasteiger partial charge in [-0.3, -0.25) is 4.79 Å². The third kappa shape index (κ3) is 4.01. The molecule has 0 unspecified atom stereocenters. The molecule has 8 heteroatoms. The SMILES string of the molecule is COc1ccc(F)cc1SNc1cnc(OC)c(C(=O)N2CCCC2)c1. The van der Waals surface area contributed by atoms with E-state index in [1.54, 1.807) is 23.2 Å². The number of hydrogen-bond donors (Lipinski definition) is 1. The molecule has 0 bridgehead atoms. The zero-order valence-electron chi connectivity index (χ0n) is 14.6. The van der Waals surface area contributed by atoms with E-state index < -0.39 is 0 Å². The van der Waals surface area contributed by atoms with Crippen molar-refractivity contribution in [2.24, 2.45) is 0 Å². The molecule has 1 fully saturated rings. The Labute approximate surface area is 155 Å². The monoisotopic (exact) mass is 377 g/mol. The van der Waals surface area contributed by atoms with Gasteiger partial charge in [-0.15, -0.1) is 0 Å². The maximum atomic E-state index is 13.5. The molecular weight excluding hydrogens is 357 g/mol. The first-order chi connectivity index (χ1) is 12.6. The minimum atomic E-state index is -0.354. The first kappa shape index (κ1) is 18.3. The lowest BCUT2D eigenvalue weighted by Gasteiger charge is -2.17. The van der Waals surface area contributed by atoms with Gasteiger partial charge in [0.2, 0.25) is 5.88 Å². The molecule has 1 saturated heterocycles. The van der Waals surface area contributed by atoms with Gasteiger partial charge in [-0.1, -0.05) is 0 Å². The summed E-state index contributed by atoms with van der Waals surface area (Å²) in [5.74, 6) is 0.399. The lowest BCUT2D eigenvalue weighted by molar-refractivity contribution is 0.0788. The smallest absolute Gasteiger partial charge is 0.259 e. The van der Waals surface area contributed by atoms with E-state index in [4.69, 9.17) is 9.47 Å². The summed E-state index contributed by atoms with van der Waals surface area (Å²) in [7, 11) is 3.02. The number of benzene rings is 1. The number of likely N-dealkylation sites (tertiary alicyclic amines) is 1. The Morgan fingerprint density at radius 2 is 2.00 bits per heavy atom. The van der Waals surface area contributed by atoms with Crippen LogP contribution in [-0.4, -0.2) is 43.1 Å². The van der Waals surface area contributed by atoms with Gasteiger partial charge in [0.15, 0.2) is 0 Å². The molecule has 0 saturated carbocycles. The first-order valence-corrected chi connectivity index (χ1v) is 9.03. The number of halogens is 1. The lowest BCUT2D eigenvalue weighted by atomic mass is 10.2. The highest BCUT2D eigenvalue weighted by molar-refractivity contribution is 8.00. The Balaban J connectivity index is 1.79. The van der Waals surface area contributed by atoms with Crippen molar-refractivity contribution < 1.29 is 18.7 Å². The number of anilines is 1. The summed E-state index contributed by atoms with van der Waals surface area (Å²) < 4.78 is 27.0. The molecule has 1 amide bonds. The molecular formula is C18H20FN3O3S. The van der Waals surface area contributed by atoms with E-state index in [0.717, 1.165) is 25.9 Å². The van der Waals surface area contributed by atoms with E-state index in [0.29, 0.717) is 27.8 Å². The van der Waals surface area contributed by atoms with E-state index in [1.165, 1.54) is 38.3 Å². The molecule has 0 radical (unpaired) electrons. The number of rotatable bonds is 6. The van der Waals surface area contributed by atoms with E-state index in [2.05, 4.69) is 9.71 Å². The zero-order chi connectivity index (χ0) is 18.5. The van der Waals surface area contributed by atoms with Gasteiger partial charge in [0.1, 0.15) is 17.1 Å². The first-order valence-electron chi connectivity index (χ1n) is 8.22. The van der Waals surface area contributed by atoms with Crippen LogP contribution < -0.4 is 14.2 Å². The largest absolute Gasteiger partial charge is 0.496 e. The van der Waals surface area contributed by atoms with Gasteiger partial charge in [0.25, 0.3) is 5.91 Å². The summed E-state index contributed by atoms with van der Waals surface area (Å²) in [5.41, 5.74) is 1.02. The second kappa shape index (κ2) is 8.27. The van der Waals surface area contributed by atoms with Gasteiger partial charge in [-0.05, 0) is 49.1 Å². The van der Waals surface area contributed by atoms with Crippen LogP contribution in [0.2, 0.25) is 0 Å². The molecule has 0 atom stereocenters. The zero-order valence-corrected chi connectivity index (χ0v) is 15.4. The van der Waals surface area contributed by atoms with E-state index in [9.17, 15) is 9.18 Å². The van der Waals surface area contributed by atoms with Gasteiger partial charge < -0.3 is 19.1 Å². The number of carbonyl (C=O) groups excluding carboxylic acids is 1. The van der Waals surface area contributed by atoms with Crippen molar-refractivity contribution in [1.29, 1.82) is 0 Å². The van der Waals surface area contributed by atoms with E-state index in [-0.39, 0.29) is 11.7 Å². The quantitative estimate of drug-likeness (QED) is 0.776. The summed E-state index contributed by atoms with van der Waals surface area (Å²) in [6, 6.07) is 5.98. The Kier molecular flexibility index (Phi) is 5.82. The minimum Gasteiger partial charge on any atom is -0.496 e. The van der Waals surface area contributed by atoms with Gasteiger partial charge in [0, 0.05) is 13.1 Å². The second-order valence-corrected chi connectivity index (χ2v) is 6.63. The van der Waals surface area contributed by atoms with Crippen molar-refractivity contribution in [3.63, 3.8) is 0 Å². The number of methoxy groups -OCH3 is 2. The summed E-state index contributed by atoms with van der Waals surface area (Å²) in [4.78, 5) is 19.3. The van der Waals surface area contributed by atoms with Crippen molar-refractivity contribution in [2.45, 2.75) is 17.7 Å². The molecule has 6 nitrogen and oxygen atoms in total. The van der Waals surface area contributed by atoms with E-state index >= 15 is 0 Å². The lowest BCUT2D eigenvalue weighted by Crippen LogP contribution is -2.28. The number of ether oxygens (including phenoxy) is 2. The third-order valence-corrected chi connectivity index (χ3v) is 4.95. The molecule has 3 rings (SSSR count). The number of pyridine rings is 1. The Hall–Kier alpha value is -2.48. The molecule has 1 aliphatic heterocycles. The van der Waals surface area contributed by atoms with Crippen molar-refractivity contribution in [2.75, 3.05) is 32.0 Å². The number of amides is 1. The number of nitrogens with one attached hydrogen (secondary N) is 1. The summed E-state index contributed by atoms with van der Waals surface area (Å²) >= 11 is 1.18. The molecule has 2 heterocycles. The molecule has 1 aliphatic rings. The van der Waals surface area contributed by atoms with Crippen molar-refractivity contribution in [3.8, 4) is 11.6 Å². The minimum absolute atomic E-state index is 0.0937. The van der Waals surface area contributed by atoms with Crippen LogP contribution in [0.15, 0.2) is 35.4 Å². The highest BCUT2D eigenvalue weighted by Gasteiger charge is 2.23. The van der Waals surface area contributed by atoms with Crippen LogP contribution in [0.5, 0.6) is 11.6 Å². The third-order valence-electron chi connectivity index (χ3n) is 4.07. The molecule has 2 aromatic rings. The predicted octanol–water partition coefficient (Wildman–Crippen LogP) is 3.59. The Morgan fingerprint density at radius 3 is 2.69 bits per heavy atom. The van der Waals surface area contributed by atoms with Gasteiger partial charge in [-0.2, -0.15) is 0 Å². The van der Waals surface area contributed by atoms with Gasteiger partial charge in [-0.25, -0.2) is 9.37 Å². The highest BCUT2D eigenvalue weighted by Crippen LogP contribution is 2.32. The predicted molar refractivity (Wildman–Crippen MR) is 98.4 cm³/mol. The van der Waals surface area contributed by atoms with Crippen LogP contribution in [0.1, 0.15) is 23.2 Å². The molecule has 0 spiro atoms. The molecule has 26 heavy (non-hydrogen) atoms. The van der Waals surface area contributed by atoms with Crippen LogP contribution in [0.3, 0.4) is 0 Å². The fraction of sp³-hybridized carbons (Fsp3) is 0.333. The van der Waals surface area contributed by atoms with Crippen molar-refractivity contribution in [1.82, 2.24) is 9.88 Å². The van der Waals surface area contributed by atoms with Crippen molar-refractivity contribution >= 4 is 23.5 Å². The summed E-state index contributed by atoms with van der Waals surface area (Å²) in [6.07, 6.45) is 3.58. The number of carbonyl (C=O) groups is 1. The average Bonchev–Trinajstić information content (AvgIpc) is 3.20. The topological polar surface area (TPSA) is 63.7 Å². The Bertz CT molecular complexity index is 797. The molecule has 1 aromatic carbocycles. The maximum absolute atomic E-state index is 13.5. The normalized spacial score (nSPS) is 13.6. The molecule has 1 N–H and O–H groups in total. The number of nitrogens with zero attached hydrogens (tertiary/aromatic N) is 2. The maximum Gasteiger partial charge on any atom is 0.259 e. The fourth-order valence-corrected chi connectivity index (χ4v) is 3.52. The van der Waals surface area contributed by atoms with Crippen molar-refractivity contribution in [3.05, 3.63) is 41.8 Å². The molecule has 138 valence electrons. The van der Waals surface area contributed by atoms with Crippen LogP contribution in [0, 0.1) is 5.82 Å². The van der Waals surface area contributed by atoms with Gasteiger partial charge >= 0.3 is 0 Å². The number of hydrogen-bond acceptors (Lipinski definition) is 6. The second-order valence-electron chi connectivity index (χ2n) is 5.78. The fourth-order valence-electron chi connectivity index (χ4n) is 2.76. The van der Waals surface area contributed by atoms with Crippen LogP contribution in [-0.2, 0) is 0 Å². The highest BCUT2D eigenvalue weighted by atomic mass is 32.2. The Morgan fingerprint density at radius 1 is 1.23 bits per heavy atom. The van der Waals surface area contributed by atoms with Crippen LogP contribution in [0.25, 0.3) is 0 Å². The van der Waals surface area contributed by atoms with Crippen LogP contribution in [0.4, 0.5) is 10.1 Å². The molecule has 1 aromatic heterocycles.